The summed E-state index contributed by atoms with van der Waals surface area (Å²) < 4.78 is 0. The van der Waals surface area contributed by atoms with Crippen LogP contribution in [-0.2, 0) is 11.2 Å². The number of rotatable bonds is 9. The van der Waals surface area contributed by atoms with Crippen molar-refractivity contribution < 1.29 is 4.79 Å². The molecule has 0 aliphatic carbocycles. The topological polar surface area (TPSA) is 20.3 Å². The average Bonchev–Trinajstić information content (AvgIpc) is 2.54. The highest BCUT2D eigenvalue weighted by atomic mass is 16.2. The van der Waals surface area contributed by atoms with Gasteiger partial charge in [0.25, 0.3) is 0 Å². The first-order chi connectivity index (χ1) is 10.5. The van der Waals surface area contributed by atoms with Gasteiger partial charge in [0.05, 0.1) is 0 Å². The molecule has 124 valence electrons. The van der Waals surface area contributed by atoms with E-state index in [9.17, 15) is 4.79 Å². The molecule has 2 heteroatoms. The van der Waals surface area contributed by atoms with Gasteiger partial charge in [-0.05, 0) is 43.9 Å². The molecule has 0 aliphatic heterocycles. The molecule has 22 heavy (non-hydrogen) atoms. The number of nitrogens with zero attached hydrogens (tertiary/aromatic N) is 1. The van der Waals surface area contributed by atoms with E-state index in [4.69, 9.17) is 0 Å². The Morgan fingerprint density at radius 2 is 1.86 bits per heavy atom. The number of benzene rings is 1. The van der Waals surface area contributed by atoms with Crippen molar-refractivity contribution in [3.05, 3.63) is 29.8 Å². The second-order valence-electron chi connectivity index (χ2n) is 6.39. The van der Waals surface area contributed by atoms with Crippen molar-refractivity contribution in [3.8, 4) is 0 Å². The van der Waals surface area contributed by atoms with Crippen LogP contribution in [0.25, 0.3) is 0 Å². The number of aryl methyl sites for hydroxylation is 1. The maximum Gasteiger partial charge on any atom is 0.230 e. The van der Waals surface area contributed by atoms with Crippen LogP contribution in [0.2, 0.25) is 0 Å². The number of hydrogen-bond donors (Lipinski definition) is 0. The second-order valence-corrected chi connectivity index (χ2v) is 6.39. The van der Waals surface area contributed by atoms with Crippen LogP contribution < -0.4 is 4.90 Å². The second kappa shape index (κ2) is 9.66. The number of anilines is 1. The molecule has 1 aromatic carbocycles. The smallest absolute Gasteiger partial charge is 0.230 e. The molecule has 0 aromatic heterocycles. The molecule has 2 unspecified atom stereocenters. The minimum atomic E-state index is 0.0823. The van der Waals surface area contributed by atoms with Crippen LogP contribution >= 0.6 is 0 Å². The molecular formula is C20H33NO. The minimum absolute atomic E-state index is 0.0823. The van der Waals surface area contributed by atoms with Gasteiger partial charge >= 0.3 is 0 Å². The Labute approximate surface area is 136 Å². The highest BCUT2D eigenvalue weighted by molar-refractivity contribution is 5.95. The van der Waals surface area contributed by atoms with Gasteiger partial charge in [-0.1, -0.05) is 59.1 Å². The van der Waals surface area contributed by atoms with Crippen LogP contribution in [0.1, 0.15) is 72.3 Å². The summed E-state index contributed by atoms with van der Waals surface area (Å²) in [6.07, 6.45) is 6.62. The standard InChI is InChI=1S/C20H33NO/c1-6-9-10-12-17(5)21(20(22)16(4)7-2)19-14-11-13-18(8-3)15-19/h11,13-17H,6-10,12H2,1-5H3. The van der Waals surface area contributed by atoms with Gasteiger partial charge in [0.2, 0.25) is 5.91 Å². The maximum absolute atomic E-state index is 12.9. The molecule has 0 saturated carbocycles. The van der Waals surface area contributed by atoms with Crippen LogP contribution in [0.5, 0.6) is 0 Å². The maximum atomic E-state index is 12.9. The zero-order valence-electron chi connectivity index (χ0n) is 15.1. The van der Waals surface area contributed by atoms with E-state index in [0.717, 1.165) is 24.9 Å². The van der Waals surface area contributed by atoms with Crippen molar-refractivity contribution in [1.29, 1.82) is 0 Å². The fraction of sp³-hybridized carbons (Fsp3) is 0.650. The van der Waals surface area contributed by atoms with Crippen molar-refractivity contribution in [1.82, 2.24) is 0 Å². The monoisotopic (exact) mass is 303 g/mol. The van der Waals surface area contributed by atoms with Crippen molar-refractivity contribution in [2.45, 2.75) is 79.2 Å². The van der Waals surface area contributed by atoms with Crippen LogP contribution in [-0.4, -0.2) is 11.9 Å². The van der Waals surface area contributed by atoms with Gasteiger partial charge in [0.15, 0.2) is 0 Å². The Kier molecular flexibility index (Phi) is 8.22. The van der Waals surface area contributed by atoms with Crippen LogP contribution in [0, 0.1) is 5.92 Å². The molecule has 0 radical (unpaired) electrons. The van der Waals surface area contributed by atoms with Gasteiger partial charge < -0.3 is 4.90 Å². The first-order valence-corrected chi connectivity index (χ1v) is 8.97. The molecule has 0 spiro atoms. The number of carbonyl (C=O) groups excluding carboxylic acids is 1. The minimum Gasteiger partial charge on any atom is -0.309 e. The summed E-state index contributed by atoms with van der Waals surface area (Å²) in [5.41, 5.74) is 2.36. The van der Waals surface area contributed by atoms with E-state index in [1.165, 1.54) is 24.8 Å². The Hall–Kier alpha value is -1.31. The molecule has 0 aliphatic rings. The van der Waals surface area contributed by atoms with E-state index in [1.54, 1.807) is 0 Å². The van der Waals surface area contributed by atoms with Gasteiger partial charge in [0.1, 0.15) is 0 Å². The fourth-order valence-electron chi connectivity index (χ4n) is 2.76. The van der Waals surface area contributed by atoms with Gasteiger partial charge in [-0.3, -0.25) is 4.79 Å². The van der Waals surface area contributed by atoms with Crippen molar-refractivity contribution in [2.75, 3.05) is 4.90 Å². The molecule has 0 bridgehead atoms. The largest absolute Gasteiger partial charge is 0.309 e. The zero-order valence-corrected chi connectivity index (χ0v) is 15.1. The summed E-state index contributed by atoms with van der Waals surface area (Å²) in [6, 6.07) is 8.73. The number of amides is 1. The molecule has 0 heterocycles. The highest BCUT2D eigenvalue weighted by Crippen LogP contribution is 2.24. The third-order valence-corrected chi connectivity index (χ3v) is 4.53. The lowest BCUT2D eigenvalue weighted by atomic mass is 10.0. The molecule has 2 nitrogen and oxygen atoms in total. The van der Waals surface area contributed by atoms with Gasteiger partial charge in [-0.15, -0.1) is 0 Å². The SMILES string of the molecule is CCCCCC(C)N(C(=O)C(C)CC)c1cccc(CC)c1. The summed E-state index contributed by atoms with van der Waals surface area (Å²) in [6.45, 7) is 10.7. The number of unbranched alkanes of at least 4 members (excludes halogenated alkanes) is 2. The Morgan fingerprint density at radius 3 is 2.45 bits per heavy atom. The third-order valence-electron chi connectivity index (χ3n) is 4.53. The third kappa shape index (κ3) is 5.15. The molecule has 2 atom stereocenters. The van der Waals surface area contributed by atoms with Gasteiger partial charge in [0, 0.05) is 17.6 Å². The average molecular weight is 303 g/mol. The Morgan fingerprint density at radius 1 is 1.14 bits per heavy atom. The molecule has 0 N–H and O–H groups in total. The fourth-order valence-corrected chi connectivity index (χ4v) is 2.76. The van der Waals surface area contributed by atoms with Gasteiger partial charge in [-0.25, -0.2) is 0 Å². The highest BCUT2D eigenvalue weighted by Gasteiger charge is 2.25. The van der Waals surface area contributed by atoms with Gasteiger partial charge in [-0.2, -0.15) is 0 Å². The van der Waals surface area contributed by atoms with E-state index in [0.29, 0.717) is 0 Å². The predicted octanol–water partition coefficient (Wildman–Crippen LogP) is 5.60. The van der Waals surface area contributed by atoms with Crippen LogP contribution in [0.15, 0.2) is 24.3 Å². The molecule has 0 fully saturated rings. The first-order valence-electron chi connectivity index (χ1n) is 8.97. The first kappa shape index (κ1) is 18.7. The lowest BCUT2D eigenvalue weighted by Crippen LogP contribution is -2.41. The van der Waals surface area contributed by atoms with Crippen molar-refractivity contribution in [2.24, 2.45) is 5.92 Å². The van der Waals surface area contributed by atoms with E-state index in [-0.39, 0.29) is 17.9 Å². The van der Waals surface area contributed by atoms with E-state index in [1.807, 2.05) is 11.8 Å². The normalized spacial score (nSPS) is 13.7. The molecule has 0 saturated heterocycles. The summed E-state index contributed by atoms with van der Waals surface area (Å²) in [4.78, 5) is 14.9. The predicted molar refractivity (Wildman–Crippen MR) is 96.4 cm³/mol. The van der Waals surface area contributed by atoms with E-state index in [2.05, 4.69) is 52.0 Å². The molecule has 1 aromatic rings. The quantitative estimate of drug-likeness (QED) is 0.544. The number of hydrogen-bond acceptors (Lipinski definition) is 1. The Bertz CT molecular complexity index is 455. The Balaban J connectivity index is 3.01. The number of carbonyl (C=O) groups is 1. The summed E-state index contributed by atoms with van der Waals surface area (Å²) in [7, 11) is 0. The van der Waals surface area contributed by atoms with E-state index >= 15 is 0 Å². The summed E-state index contributed by atoms with van der Waals surface area (Å²) in [5, 5.41) is 0. The molecule has 1 amide bonds. The van der Waals surface area contributed by atoms with Crippen molar-refractivity contribution >= 4 is 11.6 Å². The van der Waals surface area contributed by atoms with Crippen LogP contribution in [0.3, 0.4) is 0 Å². The van der Waals surface area contributed by atoms with Crippen molar-refractivity contribution in [3.63, 3.8) is 0 Å². The summed E-state index contributed by atoms with van der Waals surface area (Å²) >= 11 is 0. The van der Waals surface area contributed by atoms with E-state index < -0.39 is 0 Å². The lowest BCUT2D eigenvalue weighted by molar-refractivity contribution is -0.122. The molecule has 1 rings (SSSR count). The molecular weight excluding hydrogens is 270 g/mol. The van der Waals surface area contributed by atoms with Crippen LogP contribution in [0.4, 0.5) is 5.69 Å². The lowest BCUT2D eigenvalue weighted by Gasteiger charge is -2.32. The summed E-state index contributed by atoms with van der Waals surface area (Å²) in [5.74, 6) is 0.346. The zero-order chi connectivity index (χ0) is 16.5.